The fraction of sp³-hybridized carbons (Fsp3) is 0.200. The van der Waals surface area contributed by atoms with E-state index >= 15 is 0 Å². The minimum atomic E-state index is -0.608. The van der Waals surface area contributed by atoms with Crippen LogP contribution in [0.2, 0.25) is 0 Å². The quantitative estimate of drug-likeness (QED) is 0.217. The molecule has 0 bridgehead atoms. The monoisotopic (exact) mass is 518 g/mol. The molecular formula is C35H36P2. The molecule has 2 heteroatoms. The molecule has 0 heterocycles. The normalized spacial score (nSPS) is 14.1. The van der Waals surface area contributed by atoms with E-state index in [4.69, 9.17) is 0 Å². The number of rotatable bonds is 7. The Hall–Kier alpha value is -2.78. The average Bonchev–Trinajstić information content (AvgIpc) is 3.34. The van der Waals surface area contributed by atoms with Gasteiger partial charge < -0.3 is 0 Å². The number of aryl methyl sites for hydroxylation is 4. The SMILES string of the molecule is Cc1cc(C)cc(P(c2cc(C)cc(C)c2)[C@@H](C)C2=CCC=C2P(c2ccccc2)c2ccccc2)c1. The zero-order chi connectivity index (χ0) is 25.9. The Kier molecular flexibility index (Phi) is 7.90. The van der Waals surface area contributed by atoms with Crippen LogP contribution in [0.1, 0.15) is 35.6 Å². The van der Waals surface area contributed by atoms with E-state index in [2.05, 4.69) is 144 Å². The molecule has 37 heavy (non-hydrogen) atoms. The van der Waals surface area contributed by atoms with Gasteiger partial charge in [-0.3, -0.25) is 0 Å². The average molecular weight is 519 g/mol. The van der Waals surface area contributed by atoms with Gasteiger partial charge in [0.15, 0.2) is 0 Å². The molecule has 0 fully saturated rings. The molecule has 1 aliphatic rings. The van der Waals surface area contributed by atoms with Gasteiger partial charge in [0.05, 0.1) is 0 Å². The van der Waals surface area contributed by atoms with Crippen LogP contribution in [0.5, 0.6) is 0 Å². The van der Waals surface area contributed by atoms with E-state index in [1.54, 1.807) is 10.9 Å². The standard InChI is InChI=1S/C35H36P2/c1-25-19-26(2)22-32(21-25)36(33-23-27(3)20-28(4)24-33)29(5)34-17-12-18-35(34)37(30-13-8-6-9-14-30)31-15-10-7-11-16-31/h6-11,13-24,29H,12H2,1-5H3/t29-/m0/s1. The van der Waals surface area contributed by atoms with E-state index < -0.39 is 15.8 Å². The highest BCUT2D eigenvalue weighted by atomic mass is 31.1. The molecule has 186 valence electrons. The van der Waals surface area contributed by atoms with Gasteiger partial charge in [0.25, 0.3) is 0 Å². The van der Waals surface area contributed by atoms with E-state index in [-0.39, 0.29) is 0 Å². The summed E-state index contributed by atoms with van der Waals surface area (Å²) in [5.74, 6) is 0. The van der Waals surface area contributed by atoms with Crippen molar-refractivity contribution < 1.29 is 0 Å². The van der Waals surface area contributed by atoms with Crippen molar-refractivity contribution in [2.24, 2.45) is 0 Å². The molecule has 0 radical (unpaired) electrons. The predicted octanol–water partition coefficient (Wildman–Crippen LogP) is 8.09. The maximum Gasteiger partial charge on any atom is 0.00970 e. The molecule has 0 nitrogen and oxygen atoms in total. The minimum Gasteiger partial charge on any atom is -0.0762 e. The third-order valence-electron chi connectivity index (χ3n) is 7.02. The predicted molar refractivity (Wildman–Crippen MR) is 167 cm³/mol. The van der Waals surface area contributed by atoms with Crippen molar-refractivity contribution in [1.29, 1.82) is 0 Å². The lowest BCUT2D eigenvalue weighted by Gasteiger charge is -2.32. The molecule has 1 aliphatic carbocycles. The summed E-state index contributed by atoms with van der Waals surface area (Å²) in [7, 11) is -1.18. The Morgan fingerprint density at radius 2 is 0.973 bits per heavy atom. The van der Waals surface area contributed by atoms with Crippen molar-refractivity contribution >= 4 is 37.1 Å². The van der Waals surface area contributed by atoms with Crippen LogP contribution in [-0.4, -0.2) is 5.66 Å². The first-order chi connectivity index (χ1) is 17.9. The molecule has 4 aromatic carbocycles. The van der Waals surface area contributed by atoms with Crippen molar-refractivity contribution in [2.45, 2.75) is 46.7 Å². The van der Waals surface area contributed by atoms with Gasteiger partial charge in [0.1, 0.15) is 0 Å². The summed E-state index contributed by atoms with van der Waals surface area (Å²) in [4.78, 5) is 0. The van der Waals surface area contributed by atoms with Gasteiger partial charge in [-0.25, -0.2) is 0 Å². The molecule has 0 aliphatic heterocycles. The van der Waals surface area contributed by atoms with Crippen molar-refractivity contribution in [1.82, 2.24) is 0 Å². The van der Waals surface area contributed by atoms with E-state index in [1.165, 1.54) is 43.5 Å². The first-order valence-corrected chi connectivity index (χ1v) is 15.9. The van der Waals surface area contributed by atoms with Gasteiger partial charge in [-0.05, 0) is 82.1 Å². The molecular weight excluding hydrogens is 482 g/mol. The van der Waals surface area contributed by atoms with E-state index in [9.17, 15) is 0 Å². The van der Waals surface area contributed by atoms with Crippen molar-refractivity contribution in [3.63, 3.8) is 0 Å². The second-order valence-electron chi connectivity index (χ2n) is 10.2. The van der Waals surface area contributed by atoms with Crippen molar-refractivity contribution in [2.75, 3.05) is 0 Å². The first-order valence-electron chi connectivity index (χ1n) is 13.2. The summed E-state index contributed by atoms with van der Waals surface area (Å²) >= 11 is 0. The van der Waals surface area contributed by atoms with Crippen LogP contribution in [-0.2, 0) is 0 Å². The van der Waals surface area contributed by atoms with Gasteiger partial charge in [-0.1, -0.05) is 138 Å². The number of allylic oxidation sites excluding steroid dienone is 4. The number of hydrogen-bond acceptors (Lipinski definition) is 0. The maximum atomic E-state index is 2.52. The largest absolute Gasteiger partial charge is 0.0762 e. The molecule has 0 spiro atoms. The first kappa shape index (κ1) is 25.9. The lowest BCUT2D eigenvalue weighted by Crippen LogP contribution is -2.24. The van der Waals surface area contributed by atoms with E-state index in [0.29, 0.717) is 5.66 Å². The van der Waals surface area contributed by atoms with Crippen LogP contribution in [0.25, 0.3) is 0 Å². The smallest absolute Gasteiger partial charge is 0.00970 e. The molecule has 0 amide bonds. The van der Waals surface area contributed by atoms with Gasteiger partial charge in [0, 0.05) is 5.66 Å². The molecule has 0 unspecified atom stereocenters. The Morgan fingerprint density at radius 3 is 1.41 bits per heavy atom. The summed E-state index contributed by atoms with van der Waals surface area (Å²) in [5.41, 5.74) is 7.38. The molecule has 0 aromatic heterocycles. The zero-order valence-corrected chi connectivity index (χ0v) is 24.4. The van der Waals surface area contributed by atoms with Gasteiger partial charge in [-0.2, -0.15) is 0 Å². The van der Waals surface area contributed by atoms with Crippen LogP contribution in [0.3, 0.4) is 0 Å². The van der Waals surface area contributed by atoms with Crippen LogP contribution in [0, 0.1) is 27.7 Å². The highest BCUT2D eigenvalue weighted by Gasteiger charge is 2.32. The summed E-state index contributed by atoms with van der Waals surface area (Å²) in [6, 6.07) is 36.6. The van der Waals surface area contributed by atoms with Gasteiger partial charge in [-0.15, -0.1) is 0 Å². The third-order valence-corrected chi connectivity index (χ3v) is 12.3. The molecule has 0 saturated heterocycles. The number of hydrogen-bond donors (Lipinski definition) is 0. The summed E-state index contributed by atoms with van der Waals surface area (Å²) < 4.78 is 0. The molecule has 0 saturated carbocycles. The Balaban J connectivity index is 1.62. The van der Waals surface area contributed by atoms with Crippen LogP contribution in [0.4, 0.5) is 0 Å². The van der Waals surface area contributed by atoms with Crippen LogP contribution >= 0.6 is 15.8 Å². The second kappa shape index (κ2) is 11.3. The molecule has 4 aromatic rings. The Morgan fingerprint density at radius 1 is 0.541 bits per heavy atom. The topological polar surface area (TPSA) is 0 Å². The Labute approximate surface area is 225 Å². The molecule has 0 N–H and O–H groups in total. The molecule has 5 rings (SSSR count). The van der Waals surface area contributed by atoms with Crippen LogP contribution in [0.15, 0.2) is 120 Å². The van der Waals surface area contributed by atoms with Crippen molar-refractivity contribution in [3.8, 4) is 0 Å². The third kappa shape index (κ3) is 5.72. The minimum absolute atomic E-state index is 0.420. The fourth-order valence-corrected chi connectivity index (χ4v) is 11.4. The van der Waals surface area contributed by atoms with Gasteiger partial charge >= 0.3 is 0 Å². The van der Waals surface area contributed by atoms with E-state index in [1.807, 2.05) is 0 Å². The van der Waals surface area contributed by atoms with Gasteiger partial charge in [0.2, 0.25) is 0 Å². The van der Waals surface area contributed by atoms with Crippen LogP contribution < -0.4 is 21.2 Å². The van der Waals surface area contributed by atoms with E-state index in [0.717, 1.165) is 6.42 Å². The second-order valence-corrected chi connectivity index (χ2v) is 15.0. The lowest BCUT2D eigenvalue weighted by molar-refractivity contribution is 1.15. The summed E-state index contributed by atoms with van der Waals surface area (Å²) in [6.07, 6.45) is 6.05. The summed E-state index contributed by atoms with van der Waals surface area (Å²) in [5, 5.41) is 7.37. The highest BCUT2D eigenvalue weighted by Crippen LogP contribution is 2.55. The lowest BCUT2D eigenvalue weighted by atomic mass is 10.2. The zero-order valence-electron chi connectivity index (χ0n) is 22.6. The summed E-state index contributed by atoms with van der Waals surface area (Å²) in [6.45, 7) is 11.4. The maximum absolute atomic E-state index is 2.52. The highest BCUT2D eigenvalue weighted by molar-refractivity contribution is 7.77. The molecule has 1 atom stereocenters. The Bertz CT molecular complexity index is 1320. The van der Waals surface area contributed by atoms with Crippen molar-refractivity contribution in [3.05, 3.63) is 142 Å². The fourth-order valence-electron chi connectivity index (χ4n) is 5.62. The number of benzene rings is 4.